The summed E-state index contributed by atoms with van der Waals surface area (Å²) in [5.74, 6) is 0.285. The molecule has 0 bridgehead atoms. The standard InChI is InChI=1S/C15H20O2/c1-15(10-8-13(17-2)9-11-15)14(16)12-6-4-3-5-7-12/h3-7,13H,8-11H2,1-2H3. The van der Waals surface area contributed by atoms with Gasteiger partial charge < -0.3 is 4.74 Å². The Labute approximate surface area is 103 Å². The number of methoxy groups -OCH3 is 1. The van der Waals surface area contributed by atoms with Crippen LogP contribution >= 0.6 is 0 Å². The predicted octanol–water partition coefficient (Wildman–Crippen LogP) is 3.46. The molecule has 0 aliphatic heterocycles. The average molecular weight is 232 g/mol. The maximum absolute atomic E-state index is 12.5. The molecule has 0 spiro atoms. The lowest BCUT2D eigenvalue weighted by Crippen LogP contribution is -2.34. The van der Waals surface area contributed by atoms with Crippen molar-refractivity contribution in [3.63, 3.8) is 0 Å². The summed E-state index contributed by atoms with van der Waals surface area (Å²) in [5.41, 5.74) is 0.641. The lowest BCUT2D eigenvalue weighted by molar-refractivity contribution is 0.0306. The van der Waals surface area contributed by atoms with Gasteiger partial charge >= 0.3 is 0 Å². The minimum absolute atomic E-state index is 0.198. The van der Waals surface area contributed by atoms with Crippen molar-refractivity contribution in [3.05, 3.63) is 35.9 Å². The van der Waals surface area contributed by atoms with E-state index in [1.54, 1.807) is 7.11 Å². The molecule has 0 atom stereocenters. The van der Waals surface area contributed by atoms with Crippen LogP contribution in [0.2, 0.25) is 0 Å². The van der Waals surface area contributed by atoms with E-state index in [2.05, 4.69) is 6.92 Å². The van der Waals surface area contributed by atoms with E-state index >= 15 is 0 Å². The molecular weight excluding hydrogens is 212 g/mol. The van der Waals surface area contributed by atoms with Gasteiger partial charge in [-0.05, 0) is 25.7 Å². The number of rotatable bonds is 3. The lowest BCUT2D eigenvalue weighted by Gasteiger charge is -2.35. The number of hydrogen-bond acceptors (Lipinski definition) is 2. The quantitative estimate of drug-likeness (QED) is 0.746. The highest BCUT2D eigenvalue weighted by Crippen LogP contribution is 2.39. The largest absolute Gasteiger partial charge is 0.381 e. The van der Waals surface area contributed by atoms with Gasteiger partial charge in [0, 0.05) is 18.1 Å². The SMILES string of the molecule is COC1CCC(C)(C(=O)c2ccccc2)CC1. The van der Waals surface area contributed by atoms with E-state index in [4.69, 9.17) is 4.74 Å². The zero-order chi connectivity index (χ0) is 12.3. The van der Waals surface area contributed by atoms with E-state index < -0.39 is 0 Å². The lowest BCUT2D eigenvalue weighted by atomic mass is 9.70. The first-order valence-corrected chi connectivity index (χ1v) is 6.28. The molecule has 1 aliphatic carbocycles. The van der Waals surface area contributed by atoms with Crippen molar-refractivity contribution in [2.75, 3.05) is 7.11 Å². The number of Topliss-reactive ketones (excluding diaryl/α,β-unsaturated/α-hetero) is 1. The van der Waals surface area contributed by atoms with Gasteiger partial charge in [0.25, 0.3) is 0 Å². The molecule has 0 amide bonds. The summed E-state index contributed by atoms with van der Waals surface area (Å²) in [4.78, 5) is 12.5. The number of carbonyl (C=O) groups is 1. The molecule has 0 unspecified atom stereocenters. The van der Waals surface area contributed by atoms with Gasteiger partial charge in [0.2, 0.25) is 0 Å². The molecule has 0 N–H and O–H groups in total. The predicted molar refractivity (Wildman–Crippen MR) is 68.1 cm³/mol. The second kappa shape index (κ2) is 5.01. The van der Waals surface area contributed by atoms with E-state index in [1.165, 1.54) is 0 Å². The number of ketones is 1. The molecule has 1 aromatic carbocycles. The van der Waals surface area contributed by atoms with Gasteiger partial charge in [-0.15, -0.1) is 0 Å². The third-order valence-electron chi connectivity index (χ3n) is 3.95. The van der Waals surface area contributed by atoms with Crippen LogP contribution in [0.1, 0.15) is 43.0 Å². The van der Waals surface area contributed by atoms with Crippen LogP contribution in [-0.2, 0) is 4.74 Å². The smallest absolute Gasteiger partial charge is 0.168 e. The van der Waals surface area contributed by atoms with Gasteiger partial charge in [-0.2, -0.15) is 0 Å². The van der Waals surface area contributed by atoms with Gasteiger partial charge in [-0.25, -0.2) is 0 Å². The maximum Gasteiger partial charge on any atom is 0.168 e. The second-order valence-electron chi connectivity index (χ2n) is 5.19. The van der Waals surface area contributed by atoms with Crippen LogP contribution < -0.4 is 0 Å². The van der Waals surface area contributed by atoms with Crippen molar-refractivity contribution in [3.8, 4) is 0 Å². The monoisotopic (exact) mass is 232 g/mol. The molecule has 0 saturated heterocycles. The van der Waals surface area contributed by atoms with Crippen LogP contribution in [0.3, 0.4) is 0 Å². The Morgan fingerprint density at radius 3 is 2.35 bits per heavy atom. The van der Waals surface area contributed by atoms with Crippen LogP contribution in [0.15, 0.2) is 30.3 Å². The zero-order valence-electron chi connectivity index (χ0n) is 10.6. The fourth-order valence-electron chi connectivity index (χ4n) is 2.63. The Kier molecular flexibility index (Phi) is 3.63. The summed E-state index contributed by atoms with van der Waals surface area (Å²) in [6, 6.07) is 9.63. The Bertz CT molecular complexity index is 375. The first-order chi connectivity index (χ1) is 8.15. The van der Waals surface area contributed by atoms with E-state index in [-0.39, 0.29) is 11.2 Å². The summed E-state index contributed by atoms with van der Waals surface area (Å²) in [6.45, 7) is 2.09. The molecule has 92 valence electrons. The molecule has 17 heavy (non-hydrogen) atoms. The third-order valence-corrected chi connectivity index (χ3v) is 3.95. The van der Waals surface area contributed by atoms with Crippen LogP contribution in [0.25, 0.3) is 0 Å². The molecular formula is C15H20O2. The number of carbonyl (C=O) groups excluding carboxylic acids is 1. The van der Waals surface area contributed by atoms with Crippen molar-refractivity contribution < 1.29 is 9.53 Å². The minimum atomic E-state index is -0.198. The second-order valence-corrected chi connectivity index (χ2v) is 5.19. The minimum Gasteiger partial charge on any atom is -0.381 e. The first-order valence-electron chi connectivity index (χ1n) is 6.28. The van der Waals surface area contributed by atoms with Crippen molar-refractivity contribution in [1.82, 2.24) is 0 Å². The van der Waals surface area contributed by atoms with Gasteiger partial charge in [-0.3, -0.25) is 4.79 Å². The van der Waals surface area contributed by atoms with Gasteiger partial charge in [0.05, 0.1) is 6.10 Å². The molecule has 0 aromatic heterocycles. The Hall–Kier alpha value is -1.15. The summed E-state index contributed by atoms with van der Waals surface area (Å²) >= 11 is 0. The van der Waals surface area contributed by atoms with E-state index in [1.807, 2.05) is 30.3 Å². The maximum atomic E-state index is 12.5. The fraction of sp³-hybridized carbons (Fsp3) is 0.533. The topological polar surface area (TPSA) is 26.3 Å². The van der Waals surface area contributed by atoms with Crippen molar-refractivity contribution in [2.24, 2.45) is 5.41 Å². The fourth-order valence-corrected chi connectivity index (χ4v) is 2.63. The van der Waals surface area contributed by atoms with E-state index in [0.29, 0.717) is 6.10 Å². The Balaban J connectivity index is 2.10. The van der Waals surface area contributed by atoms with Crippen LogP contribution in [0.5, 0.6) is 0 Å². The molecule has 0 radical (unpaired) electrons. The van der Waals surface area contributed by atoms with E-state index in [9.17, 15) is 4.79 Å². The number of benzene rings is 1. The van der Waals surface area contributed by atoms with Gasteiger partial charge in [0.1, 0.15) is 0 Å². The third kappa shape index (κ3) is 2.58. The number of hydrogen-bond donors (Lipinski definition) is 0. The molecule has 1 saturated carbocycles. The van der Waals surface area contributed by atoms with Crippen molar-refractivity contribution >= 4 is 5.78 Å². The molecule has 2 rings (SSSR count). The molecule has 2 heteroatoms. The average Bonchev–Trinajstić information content (AvgIpc) is 2.40. The highest BCUT2D eigenvalue weighted by atomic mass is 16.5. The van der Waals surface area contributed by atoms with E-state index in [0.717, 1.165) is 31.2 Å². The van der Waals surface area contributed by atoms with Gasteiger partial charge in [0.15, 0.2) is 5.78 Å². The first kappa shape index (κ1) is 12.3. The summed E-state index contributed by atoms with van der Waals surface area (Å²) in [6.07, 6.45) is 4.18. The normalized spacial score (nSPS) is 28.9. The van der Waals surface area contributed by atoms with Gasteiger partial charge in [-0.1, -0.05) is 37.3 Å². The van der Waals surface area contributed by atoms with Crippen LogP contribution in [-0.4, -0.2) is 19.0 Å². The summed E-state index contributed by atoms with van der Waals surface area (Å²) in [5, 5.41) is 0. The highest BCUT2D eigenvalue weighted by Gasteiger charge is 2.37. The zero-order valence-corrected chi connectivity index (χ0v) is 10.6. The summed E-state index contributed by atoms with van der Waals surface area (Å²) in [7, 11) is 1.76. The van der Waals surface area contributed by atoms with Crippen LogP contribution in [0.4, 0.5) is 0 Å². The molecule has 1 aliphatic rings. The number of ether oxygens (including phenoxy) is 1. The van der Waals surface area contributed by atoms with Crippen molar-refractivity contribution in [1.29, 1.82) is 0 Å². The summed E-state index contributed by atoms with van der Waals surface area (Å²) < 4.78 is 5.36. The molecule has 0 heterocycles. The van der Waals surface area contributed by atoms with Crippen molar-refractivity contribution in [2.45, 2.75) is 38.7 Å². The molecule has 1 aromatic rings. The Morgan fingerprint density at radius 2 is 1.82 bits per heavy atom. The molecule has 1 fully saturated rings. The van der Waals surface area contributed by atoms with Crippen LogP contribution in [0, 0.1) is 5.41 Å². The molecule has 2 nitrogen and oxygen atoms in total. The highest BCUT2D eigenvalue weighted by molar-refractivity contribution is 6.00. The Morgan fingerprint density at radius 1 is 1.24 bits per heavy atom.